The number of aryl methyl sites for hydroxylation is 1. The number of hydrogen-bond donors (Lipinski definition) is 0. The Morgan fingerprint density at radius 2 is 2.25 bits per heavy atom. The molecule has 0 N–H and O–H groups in total. The summed E-state index contributed by atoms with van der Waals surface area (Å²) in [5.41, 5.74) is 0. The third-order valence-corrected chi connectivity index (χ3v) is 5.50. The van der Waals surface area contributed by atoms with Crippen molar-refractivity contribution >= 4 is 54.8 Å². The van der Waals surface area contributed by atoms with Crippen LogP contribution < -0.4 is 0 Å². The molecule has 2 heterocycles. The van der Waals surface area contributed by atoms with Crippen molar-refractivity contribution in [3.63, 3.8) is 0 Å². The maximum atomic E-state index is 5.64. The molecule has 0 fully saturated rings. The van der Waals surface area contributed by atoms with Crippen molar-refractivity contribution in [2.75, 3.05) is 5.88 Å². The average molecular weight is 386 g/mol. The molecule has 0 saturated heterocycles. The Hall–Kier alpha value is 0.160. The molecule has 0 unspecified atom stereocenters. The van der Waals surface area contributed by atoms with Gasteiger partial charge in [0.15, 0.2) is 11.7 Å². The first-order valence-corrected chi connectivity index (χ1v) is 7.60. The smallest absolute Gasteiger partial charge is 0.194 e. The molecule has 0 aliphatic carbocycles. The van der Waals surface area contributed by atoms with Crippen molar-refractivity contribution in [3.05, 3.63) is 26.4 Å². The van der Waals surface area contributed by atoms with Crippen LogP contribution in [0.1, 0.15) is 12.3 Å². The van der Waals surface area contributed by atoms with Crippen LogP contribution in [0.25, 0.3) is 10.6 Å². The minimum Gasteiger partial charge on any atom is -0.440 e. The lowest BCUT2D eigenvalue weighted by atomic mass is 10.3. The number of alkyl halides is 1. The number of aromatic nitrogens is 1. The predicted molar refractivity (Wildman–Crippen MR) is 74.3 cm³/mol. The van der Waals surface area contributed by atoms with Crippen LogP contribution in [-0.4, -0.2) is 10.9 Å². The first-order chi connectivity index (χ1) is 7.70. The second-order valence-corrected chi connectivity index (χ2v) is 6.75. The van der Waals surface area contributed by atoms with Crippen molar-refractivity contribution in [2.24, 2.45) is 0 Å². The van der Waals surface area contributed by atoms with Gasteiger partial charge in [0.25, 0.3) is 0 Å². The van der Waals surface area contributed by atoms with Gasteiger partial charge in [0.1, 0.15) is 0 Å². The minimum absolute atomic E-state index is 0.633. The lowest BCUT2D eigenvalue weighted by Crippen LogP contribution is -1.84. The fourth-order valence-corrected chi connectivity index (χ4v) is 3.34. The van der Waals surface area contributed by atoms with Gasteiger partial charge in [0.2, 0.25) is 0 Å². The summed E-state index contributed by atoms with van der Waals surface area (Å²) in [6, 6.07) is 2.01. The second-order valence-electron chi connectivity index (χ2n) is 3.14. The first-order valence-electron chi connectivity index (χ1n) is 4.66. The first kappa shape index (κ1) is 12.6. The molecule has 0 aromatic carbocycles. The number of halogens is 3. The van der Waals surface area contributed by atoms with E-state index in [1.165, 1.54) is 0 Å². The van der Waals surface area contributed by atoms with Gasteiger partial charge in [-0.2, -0.15) is 0 Å². The summed E-state index contributed by atoms with van der Waals surface area (Å²) in [7, 11) is 0. The lowest BCUT2D eigenvalue weighted by Gasteiger charge is -1.91. The molecule has 6 heteroatoms. The zero-order valence-corrected chi connectivity index (χ0v) is 12.9. The minimum atomic E-state index is 0.633. The molecule has 0 aliphatic heterocycles. The molecule has 2 rings (SSSR count). The summed E-state index contributed by atoms with van der Waals surface area (Å²) in [5, 5.41) is 0. The molecule has 2 aromatic heterocycles. The monoisotopic (exact) mass is 383 g/mol. The van der Waals surface area contributed by atoms with Gasteiger partial charge in [-0.1, -0.05) is 0 Å². The van der Waals surface area contributed by atoms with Gasteiger partial charge in [-0.05, 0) is 44.3 Å². The van der Waals surface area contributed by atoms with E-state index in [1.54, 1.807) is 17.5 Å². The fraction of sp³-hybridized carbons (Fsp3) is 0.300. The molecule has 2 aromatic rings. The number of thiophene rings is 1. The maximum Gasteiger partial charge on any atom is 0.194 e. The molecular weight excluding hydrogens is 377 g/mol. The van der Waals surface area contributed by atoms with Gasteiger partial charge < -0.3 is 4.42 Å². The Morgan fingerprint density at radius 1 is 1.44 bits per heavy atom. The summed E-state index contributed by atoms with van der Waals surface area (Å²) < 4.78 is 7.73. The maximum absolute atomic E-state index is 5.64. The van der Waals surface area contributed by atoms with Crippen molar-refractivity contribution < 1.29 is 4.42 Å². The van der Waals surface area contributed by atoms with E-state index in [4.69, 9.17) is 16.0 Å². The Kier molecular flexibility index (Phi) is 4.47. The molecule has 2 nitrogen and oxygen atoms in total. The Balaban J connectivity index is 2.18. The molecule has 0 saturated carbocycles. The van der Waals surface area contributed by atoms with Gasteiger partial charge in [-0.25, -0.2) is 4.98 Å². The Bertz CT molecular complexity index is 463. The Labute approximate surface area is 119 Å². The molecule has 0 amide bonds. The van der Waals surface area contributed by atoms with Gasteiger partial charge in [0.05, 0.1) is 14.9 Å². The standard InChI is InChI=1S/C10H8Br2ClNOS/c11-6-4-8(16-10(6)12)7-5-14-9(15-7)2-1-3-13/h4-5H,1-3H2. The highest BCUT2D eigenvalue weighted by molar-refractivity contribution is 9.13. The van der Waals surface area contributed by atoms with E-state index >= 15 is 0 Å². The molecule has 0 aliphatic rings. The van der Waals surface area contributed by atoms with E-state index in [0.717, 1.165) is 37.6 Å². The van der Waals surface area contributed by atoms with Crippen LogP contribution in [0.5, 0.6) is 0 Å². The molecule has 0 radical (unpaired) electrons. The Morgan fingerprint density at radius 3 is 2.88 bits per heavy atom. The topological polar surface area (TPSA) is 26.0 Å². The van der Waals surface area contributed by atoms with Crippen LogP contribution in [0, 0.1) is 0 Å². The van der Waals surface area contributed by atoms with Crippen LogP contribution >= 0.6 is 54.8 Å². The SMILES string of the molecule is ClCCCc1ncc(-c2cc(Br)c(Br)s2)o1. The van der Waals surface area contributed by atoms with Crippen molar-refractivity contribution in [2.45, 2.75) is 12.8 Å². The quantitative estimate of drug-likeness (QED) is 0.685. The van der Waals surface area contributed by atoms with Gasteiger partial charge >= 0.3 is 0 Å². The summed E-state index contributed by atoms with van der Waals surface area (Å²) in [4.78, 5) is 5.28. The highest BCUT2D eigenvalue weighted by Crippen LogP contribution is 2.38. The highest BCUT2D eigenvalue weighted by Gasteiger charge is 2.11. The van der Waals surface area contributed by atoms with Crippen LogP contribution in [0.4, 0.5) is 0 Å². The normalized spacial score (nSPS) is 10.9. The third-order valence-electron chi connectivity index (χ3n) is 1.97. The zero-order chi connectivity index (χ0) is 11.5. The highest BCUT2D eigenvalue weighted by atomic mass is 79.9. The van der Waals surface area contributed by atoms with E-state index in [9.17, 15) is 0 Å². The van der Waals surface area contributed by atoms with E-state index < -0.39 is 0 Å². The van der Waals surface area contributed by atoms with E-state index in [-0.39, 0.29) is 0 Å². The lowest BCUT2D eigenvalue weighted by molar-refractivity contribution is 0.504. The van der Waals surface area contributed by atoms with Gasteiger partial charge in [-0.15, -0.1) is 22.9 Å². The largest absolute Gasteiger partial charge is 0.440 e. The molecule has 0 bridgehead atoms. The number of hydrogen-bond acceptors (Lipinski definition) is 3. The van der Waals surface area contributed by atoms with Crippen LogP contribution in [0.2, 0.25) is 0 Å². The molecular formula is C10H8Br2ClNOS. The summed E-state index contributed by atoms with van der Waals surface area (Å²) in [5.74, 6) is 2.19. The summed E-state index contributed by atoms with van der Waals surface area (Å²) in [6.07, 6.45) is 3.44. The number of rotatable bonds is 4. The summed E-state index contributed by atoms with van der Waals surface area (Å²) in [6.45, 7) is 0. The van der Waals surface area contributed by atoms with Crippen molar-refractivity contribution in [1.82, 2.24) is 4.98 Å². The fourth-order valence-electron chi connectivity index (χ4n) is 1.23. The number of nitrogens with zero attached hydrogens (tertiary/aromatic N) is 1. The van der Waals surface area contributed by atoms with E-state index in [1.807, 2.05) is 6.07 Å². The zero-order valence-electron chi connectivity index (χ0n) is 8.17. The molecule has 16 heavy (non-hydrogen) atoms. The van der Waals surface area contributed by atoms with Crippen LogP contribution in [0.3, 0.4) is 0 Å². The summed E-state index contributed by atoms with van der Waals surface area (Å²) >= 11 is 14.1. The average Bonchev–Trinajstić information content (AvgIpc) is 2.84. The predicted octanol–water partition coefficient (Wildman–Crippen LogP) is 5.10. The van der Waals surface area contributed by atoms with E-state index in [2.05, 4.69) is 36.8 Å². The third kappa shape index (κ3) is 2.88. The van der Waals surface area contributed by atoms with Crippen LogP contribution in [0.15, 0.2) is 24.9 Å². The van der Waals surface area contributed by atoms with Gasteiger partial charge in [-0.3, -0.25) is 0 Å². The van der Waals surface area contributed by atoms with E-state index in [0.29, 0.717) is 5.88 Å². The van der Waals surface area contributed by atoms with Crippen molar-refractivity contribution in [3.8, 4) is 10.6 Å². The van der Waals surface area contributed by atoms with Crippen molar-refractivity contribution in [1.29, 1.82) is 0 Å². The second kappa shape index (κ2) is 5.67. The molecule has 0 spiro atoms. The van der Waals surface area contributed by atoms with Crippen LogP contribution in [-0.2, 0) is 6.42 Å². The molecule has 86 valence electrons. The molecule has 0 atom stereocenters. The number of oxazole rings is 1. The van der Waals surface area contributed by atoms with Gasteiger partial charge in [0, 0.05) is 16.8 Å².